The van der Waals surface area contributed by atoms with Crippen molar-refractivity contribution in [2.75, 3.05) is 11.1 Å². The van der Waals surface area contributed by atoms with E-state index in [1.807, 2.05) is 6.92 Å². The van der Waals surface area contributed by atoms with Gasteiger partial charge in [0.15, 0.2) is 0 Å². The van der Waals surface area contributed by atoms with Gasteiger partial charge in [-0.3, -0.25) is 9.78 Å². The molecule has 2 rings (SSSR count). The standard InChI is InChI=1S/C12H11ClN4O/c1-7-4-9(2-3-15-7)17-12(18)10-5-8(14)6-16-11(10)13/h2-6H,14H2,1H3,(H,15,17,18). The van der Waals surface area contributed by atoms with Crippen LogP contribution in [0.5, 0.6) is 0 Å². The number of aromatic nitrogens is 2. The van der Waals surface area contributed by atoms with Gasteiger partial charge in [0.1, 0.15) is 5.15 Å². The average Bonchev–Trinajstić information content (AvgIpc) is 2.32. The van der Waals surface area contributed by atoms with Crippen LogP contribution >= 0.6 is 11.6 Å². The number of amides is 1. The molecule has 0 aliphatic carbocycles. The van der Waals surface area contributed by atoms with Crippen LogP contribution in [0.1, 0.15) is 16.1 Å². The van der Waals surface area contributed by atoms with Gasteiger partial charge in [-0.1, -0.05) is 11.6 Å². The first-order chi connectivity index (χ1) is 8.56. The highest BCUT2D eigenvalue weighted by atomic mass is 35.5. The molecule has 18 heavy (non-hydrogen) atoms. The number of nitrogen functional groups attached to an aromatic ring is 1. The fourth-order valence-corrected chi connectivity index (χ4v) is 1.63. The molecule has 3 N–H and O–H groups in total. The molecule has 0 radical (unpaired) electrons. The summed E-state index contributed by atoms with van der Waals surface area (Å²) in [6, 6.07) is 4.93. The molecule has 1 amide bonds. The molecule has 2 aromatic rings. The topological polar surface area (TPSA) is 80.9 Å². The Bertz CT molecular complexity index is 600. The highest BCUT2D eigenvalue weighted by molar-refractivity contribution is 6.33. The molecule has 2 heterocycles. The predicted octanol–water partition coefficient (Wildman–Crippen LogP) is 2.27. The van der Waals surface area contributed by atoms with Gasteiger partial charge in [0.05, 0.1) is 17.4 Å². The van der Waals surface area contributed by atoms with E-state index in [9.17, 15) is 4.79 Å². The summed E-state index contributed by atoms with van der Waals surface area (Å²) in [7, 11) is 0. The largest absolute Gasteiger partial charge is 0.397 e. The number of carbonyl (C=O) groups is 1. The van der Waals surface area contributed by atoms with Crippen LogP contribution in [-0.2, 0) is 0 Å². The maximum atomic E-state index is 12.0. The second kappa shape index (κ2) is 5.01. The van der Waals surface area contributed by atoms with Crippen LogP contribution < -0.4 is 11.1 Å². The van der Waals surface area contributed by atoms with Crippen molar-refractivity contribution in [3.05, 3.63) is 47.0 Å². The minimum atomic E-state index is -0.356. The number of nitrogens with two attached hydrogens (primary N) is 1. The van der Waals surface area contributed by atoms with Crippen molar-refractivity contribution in [2.45, 2.75) is 6.92 Å². The lowest BCUT2D eigenvalue weighted by molar-refractivity contribution is 0.102. The van der Waals surface area contributed by atoms with Crippen LogP contribution in [0, 0.1) is 6.92 Å². The fourth-order valence-electron chi connectivity index (χ4n) is 1.45. The molecule has 0 saturated carbocycles. The summed E-state index contributed by atoms with van der Waals surface area (Å²) in [6.45, 7) is 1.84. The number of pyridine rings is 2. The zero-order valence-corrected chi connectivity index (χ0v) is 10.4. The second-order valence-electron chi connectivity index (χ2n) is 3.75. The van der Waals surface area contributed by atoms with Crippen molar-refractivity contribution < 1.29 is 4.79 Å². The third-order valence-corrected chi connectivity index (χ3v) is 2.56. The first-order valence-corrected chi connectivity index (χ1v) is 5.59. The molecule has 2 aromatic heterocycles. The number of anilines is 2. The van der Waals surface area contributed by atoms with E-state index < -0.39 is 0 Å². The Morgan fingerprint density at radius 1 is 1.39 bits per heavy atom. The zero-order chi connectivity index (χ0) is 13.1. The third-order valence-electron chi connectivity index (χ3n) is 2.26. The van der Waals surface area contributed by atoms with Crippen molar-refractivity contribution in [1.29, 1.82) is 0 Å². The van der Waals surface area contributed by atoms with Crippen LogP contribution in [0.25, 0.3) is 0 Å². The average molecular weight is 263 g/mol. The maximum absolute atomic E-state index is 12.0. The normalized spacial score (nSPS) is 10.1. The molecule has 0 bridgehead atoms. The van der Waals surface area contributed by atoms with E-state index in [0.29, 0.717) is 11.4 Å². The van der Waals surface area contributed by atoms with Crippen LogP contribution in [-0.4, -0.2) is 15.9 Å². The monoisotopic (exact) mass is 262 g/mol. The Morgan fingerprint density at radius 2 is 2.17 bits per heavy atom. The number of aryl methyl sites for hydroxylation is 1. The minimum Gasteiger partial charge on any atom is -0.397 e. The van der Waals surface area contributed by atoms with Crippen molar-refractivity contribution in [3.8, 4) is 0 Å². The molecule has 0 fully saturated rings. The summed E-state index contributed by atoms with van der Waals surface area (Å²) in [5, 5.41) is 2.83. The maximum Gasteiger partial charge on any atom is 0.258 e. The Labute approximate surface area is 109 Å². The van der Waals surface area contributed by atoms with Gasteiger partial charge in [0.25, 0.3) is 5.91 Å². The van der Waals surface area contributed by atoms with Crippen LogP contribution in [0.2, 0.25) is 5.15 Å². The number of carbonyl (C=O) groups excluding carboxylic acids is 1. The number of hydrogen-bond acceptors (Lipinski definition) is 4. The van der Waals surface area contributed by atoms with E-state index in [4.69, 9.17) is 17.3 Å². The molecule has 0 spiro atoms. The Morgan fingerprint density at radius 3 is 2.89 bits per heavy atom. The quantitative estimate of drug-likeness (QED) is 0.814. The number of nitrogens with one attached hydrogen (secondary N) is 1. The number of rotatable bonds is 2. The predicted molar refractivity (Wildman–Crippen MR) is 70.6 cm³/mol. The summed E-state index contributed by atoms with van der Waals surface area (Å²) in [4.78, 5) is 19.9. The Balaban J connectivity index is 2.24. The van der Waals surface area contributed by atoms with Crippen LogP contribution in [0.3, 0.4) is 0 Å². The first-order valence-electron chi connectivity index (χ1n) is 5.21. The SMILES string of the molecule is Cc1cc(NC(=O)c2cc(N)cnc2Cl)ccn1. The molecule has 0 aliphatic heterocycles. The molecular weight excluding hydrogens is 252 g/mol. The van der Waals surface area contributed by atoms with Gasteiger partial charge in [-0.15, -0.1) is 0 Å². The van der Waals surface area contributed by atoms with Crippen molar-refractivity contribution in [1.82, 2.24) is 9.97 Å². The van der Waals surface area contributed by atoms with E-state index in [1.54, 1.807) is 18.3 Å². The lowest BCUT2D eigenvalue weighted by Crippen LogP contribution is -2.13. The van der Waals surface area contributed by atoms with Gasteiger partial charge in [-0.2, -0.15) is 0 Å². The summed E-state index contributed by atoms with van der Waals surface area (Å²) < 4.78 is 0. The smallest absolute Gasteiger partial charge is 0.258 e. The van der Waals surface area contributed by atoms with Gasteiger partial charge in [0, 0.05) is 17.6 Å². The second-order valence-corrected chi connectivity index (χ2v) is 4.11. The summed E-state index contributed by atoms with van der Waals surface area (Å²) >= 11 is 5.85. The minimum absolute atomic E-state index is 0.118. The van der Waals surface area contributed by atoms with E-state index in [1.165, 1.54) is 12.3 Å². The lowest BCUT2D eigenvalue weighted by Gasteiger charge is -2.07. The molecule has 0 atom stereocenters. The number of hydrogen-bond donors (Lipinski definition) is 2. The molecular formula is C12H11ClN4O. The lowest BCUT2D eigenvalue weighted by atomic mass is 10.2. The molecule has 92 valence electrons. The van der Waals surface area contributed by atoms with Crippen molar-refractivity contribution in [3.63, 3.8) is 0 Å². The molecule has 0 aliphatic rings. The van der Waals surface area contributed by atoms with E-state index >= 15 is 0 Å². The summed E-state index contributed by atoms with van der Waals surface area (Å²) in [6.07, 6.45) is 3.01. The van der Waals surface area contributed by atoms with E-state index in [-0.39, 0.29) is 16.6 Å². The summed E-state index contributed by atoms with van der Waals surface area (Å²) in [5.41, 5.74) is 7.65. The highest BCUT2D eigenvalue weighted by Crippen LogP contribution is 2.17. The number of halogens is 1. The fraction of sp³-hybridized carbons (Fsp3) is 0.0833. The third kappa shape index (κ3) is 2.75. The molecule has 5 nitrogen and oxygen atoms in total. The van der Waals surface area contributed by atoms with Crippen molar-refractivity contribution in [2.24, 2.45) is 0 Å². The molecule has 0 saturated heterocycles. The molecule has 0 unspecified atom stereocenters. The van der Waals surface area contributed by atoms with E-state index in [2.05, 4.69) is 15.3 Å². The number of nitrogens with zero attached hydrogens (tertiary/aromatic N) is 2. The van der Waals surface area contributed by atoms with Gasteiger partial charge in [-0.25, -0.2) is 4.98 Å². The van der Waals surface area contributed by atoms with Gasteiger partial charge in [0.2, 0.25) is 0 Å². The van der Waals surface area contributed by atoms with Gasteiger partial charge in [-0.05, 0) is 25.1 Å². The Hall–Kier alpha value is -2.14. The van der Waals surface area contributed by atoms with Gasteiger partial charge < -0.3 is 11.1 Å². The van der Waals surface area contributed by atoms with Crippen LogP contribution in [0.15, 0.2) is 30.6 Å². The van der Waals surface area contributed by atoms with Gasteiger partial charge >= 0.3 is 0 Å². The first kappa shape index (κ1) is 12.3. The molecule has 0 aromatic carbocycles. The van der Waals surface area contributed by atoms with Crippen LogP contribution in [0.4, 0.5) is 11.4 Å². The Kier molecular flexibility index (Phi) is 3.43. The highest BCUT2D eigenvalue weighted by Gasteiger charge is 2.12. The van der Waals surface area contributed by atoms with E-state index in [0.717, 1.165) is 5.69 Å². The zero-order valence-electron chi connectivity index (χ0n) is 9.64. The summed E-state index contributed by atoms with van der Waals surface area (Å²) in [5.74, 6) is -0.356. The molecule has 6 heteroatoms. The van der Waals surface area contributed by atoms with Crippen molar-refractivity contribution >= 4 is 28.9 Å².